The van der Waals surface area contributed by atoms with Crippen LogP contribution in [0.3, 0.4) is 0 Å². The van der Waals surface area contributed by atoms with Gasteiger partial charge in [0.25, 0.3) is 0 Å². The number of carbonyl (C=O) groups is 1. The highest BCUT2D eigenvalue weighted by molar-refractivity contribution is 5.68. The third-order valence-corrected chi connectivity index (χ3v) is 4.43. The Morgan fingerprint density at radius 2 is 1.45 bits per heavy atom. The van der Waals surface area contributed by atoms with Gasteiger partial charge in [0.2, 0.25) is 0 Å². The van der Waals surface area contributed by atoms with Crippen LogP contribution in [0.25, 0.3) is 0 Å². The van der Waals surface area contributed by atoms with E-state index in [-0.39, 0.29) is 12.1 Å². The summed E-state index contributed by atoms with van der Waals surface area (Å²) >= 11 is 0. The number of hydrogen-bond acceptors (Lipinski definition) is 5. The summed E-state index contributed by atoms with van der Waals surface area (Å²) in [6.45, 7) is 8.24. The first kappa shape index (κ1) is 22.6. The fourth-order valence-electron chi connectivity index (χ4n) is 2.88. The summed E-state index contributed by atoms with van der Waals surface area (Å²) in [5.41, 5.74) is 1.53. The molecule has 2 aromatic rings. The number of carbonyl (C=O) groups excluding carboxylic acids is 1. The molecule has 0 spiro atoms. The Morgan fingerprint density at radius 1 is 0.931 bits per heavy atom. The third kappa shape index (κ3) is 7.31. The Kier molecular flexibility index (Phi) is 7.91. The molecule has 2 aromatic carbocycles. The van der Waals surface area contributed by atoms with E-state index in [1.54, 1.807) is 14.2 Å². The number of ether oxygens (including phenoxy) is 3. The minimum atomic E-state index is -0.561. The van der Waals surface area contributed by atoms with E-state index in [9.17, 15) is 4.79 Å². The molecule has 0 bridgehead atoms. The number of methoxy groups -OCH3 is 2. The number of hydrogen-bond donors (Lipinski definition) is 2. The van der Waals surface area contributed by atoms with Crippen molar-refractivity contribution in [3.8, 4) is 11.5 Å². The zero-order valence-corrected chi connectivity index (χ0v) is 18.1. The summed E-state index contributed by atoms with van der Waals surface area (Å²) in [5, 5.41) is 6.49. The topological polar surface area (TPSA) is 68.8 Å². The lowest BCUT2D eigenvalue weighted by Crippen LogP contribution is -2.43. The van der Waals surface area contributed by atoms with Crippen molar-refractivity contribution in [2.75, 3.05) is 14.2 Å². The van der Waals surface area contributed by atoms with E-state index in [0.717, 1.165) is 22.6 Å². The monoisotopic (exact) mass is 400 g/mol. The van der Waals surface area contributed by atoms with Gasteiger partial charge in [0.15, 0.2) is 0 Å². The number of rotatable bonds is 8. The predicted molar refractivity (Wildman–Crippen MR) is 114 cm³/mol. The minimum Gasteiger partial charge on any atom is -0.497 e. The van der Waals surface area contributed by atoms with Crippen molar-refractivity contribution in [3.05, 3.63) is 59.7 Å². The van der Waals surface area contributed by atoms with Gasteiger partial charge in [-0.3, -0.25) is 0 Å². The van der Waals surface area contributed by atoms with Crippen molar-refractivity contribution < 1.29 is 19.0 Å². The number of amides is 1. The normalized spacial score (nSPS) is 13.3. The van der Waals surface area contributed by atoms with Gasteiger partial charge in [0.1, 0.15) is 17.1 Å². The SMILES string of the molecule is COc1ccc(CN[C@H](C)[C@@H](NC(=O)OC(C)(C)C)c2ccc(OC)cc2)cc1. The van der Waals surface area contributed by atoms with Crippen LogP contribution in [0, 0.1) is 0 Å². The molecule has 0 unspecified atom stereocenters. The summed E-state index contributed by atoms with van der Waals surface area (Å²) in [5.74, 6) is 1.59. The Bertz CT molecular complexity index is 767. The average Bonchev–Trinajstić information content (AvgIpc) is 2.69. The van der Waals surface area contributed by atoms with Crippen LogP contribution in [0.2, 0.25) is 0 Å². The Morgan fingerprint density at radius 3 is 1.93 bits per heavy atom. The average molecular weight is 401 g/mol. The van der Waals surface area contributed by atoms with E-state index in [4.69, 9.17) is 14.2 Å². The molecule has 6 nitrogen and oxygen atoms in total. The summed E-state index contributed by atoms with van der Waals surface area (Å²) in [4.78, 5) is 12.4. The Hall–Kier alpha value is -2.73. The van der Waals surface area contributed by atoms with Gasteiger partial charge in [-0.1, -0.05) is 24.3 Å². The molecule has 2 N–H and O–H groups in total. The summed E-state index contributed by atoms with van der Waals surface area (Å²) < 4.78 is 15.9. The van der Waals surface area contributed by atoms with Crippen LogP contribution in [0.4, 0.5) is 4.79 Å². The van der Waals surface area contributed by atoms with Crippen LogP contribution in [-0.4, -0.2) is 32.0 Å². The molecule has 158 valence electrons. The Labute approximate surface area is 173 Å². The van der Waals surface area contributed by atoms with Crippen molar-refractivity contribution in [1.82, 2.24) is 10.6 Å². The van der Waals surface area contributed by atoms with E-state index < -0.39 is 11.7 Å². The van der Waals surface area contributed by atoms with E-state index in [2.05, 4.69) is 10.6 Å². The van der Waals surface area contributed by atoms with Crippen molar-refractivity contribution in [2.24, 2.45) is 0 Å². The smallest absolute Gasteiger partial charge is 0.408 e. The molecule has 0 radical (unpaired) electrons. The number of alkyl carbamates (subject to hydrolysis) is 1. The molecule has 0 saturated carbocycles. The zero-order valence-electron chi connectivity index (χ0n) is 18.1. The van der Waals surface area contributed by atoms with Crippen molar-refractivity contribution in [3.63, 3.8) is 0 Å². The van der Waals surface area contributed by atoms with Gasteiger partial charge in [-0.25, -0.2) is 4.79 Å². The van der Waals surface area contributed by atoms with E-state index in [0.29, 0.717) is 6.54 Å². The van der Waals surface area contributed by atoms with Crippen LogP contribution >= 0.6 is 0 Å². The maximum atomic E-state index is 12.4. The molecule has 29 heavy (non-hydrogen) atoms. The summed E-state index contributed by atoms with van der Waals surface area (Å²) in [7, 11) is 3.28. The van der Waals surface area contributed by atoms with Gasteiger partial charge >= 0.3 is 6.09 Å². The number of benzene rings is 2. The van der Waals surface area contributed by atoms with Gasteiger partial charge in [0.05, 0.1) is 20.3 Å². The minimum absolute atomic E-state index is 0.0435. The molecule has 2 atom stereocenters. The van der Waals surface area contributed by atoms with Crippen molar-refractivity contribution >= 4 is 6.09 Å². The molecule has 2 rings (SSSR count). The highest BCUT2D eigenvalue weighted by Gasteiger charge is 2.24. The first-order chi connectivity index (χ1) is 13.7. The molecular weight excluding hydrogens is 368 g/mol. The molecule has 0 saturated heterocycles. The third-order valence-electron chi connectivity index (χ3n) is 4.43. The zero-order chi connectivity index (χ0) is 21.4. The first-order valence-corrected chi connectivity index (χ1v) is 9.71. The van der Waals surface area contributed by atoms with E-state index in [1.165, 1.54) is 0 Å². The highest BCUT2D eigenvalue weighted by atomic mass is 16.6. The molecule has 1 amide bonds. The molecule has 0 aliphatic carbocycles. The highest BCUT2D eigenvalue weighted by Crippen LogP contribution is 2.22. The number of nitrogens with one attached hydrogen (secondary N) is 2. The van der Waals surface area contributed by atoms with Crippen molar-refractivity contribution in [2.45, 2.75) is 51.9 Å². The fraction of sp³-hybridized carbons (Fsp3) is 0.435. The maximum absolute atomic E-state index is 12.4. The molecule has 0 fully saturated rings. The molecular formula is C23H32N2O4. The Balaban J connectivity index is 2.11. The second kappa shape index (κ2) is 10.2. The second-order valence-corrected chi connectivity index (χ2v) is 7.91. The molecule has 0 heterocycles. The van der Waals surface area contributed by atoms with Crippen LogP contribution in [0.1, 0.15) is 44.9 Å². The van der Waals surface area contributed by atoms with Crippen molar-refractivity contribution in [1.29, 1.82) is 0 Å². The lowest BCUT2D eigenvalue weighted by Gasteiger charge is -2.28. The largest absolute Gasteiger partial charge is 0.497 e. The lowest BCUT2D eigenvalue weighted by atomic mass is 10.00. The first-order valence-electron chi connectivity index (χ1n) is 9.71. The van der Waals surface area contributed by atoms with Gasteiger partial charge in [0, 0.05) is 12.6 Å². The van der Waals surface area contributed by atoms with Crippen LogP contribution in [-0.2, 0) is 11.3 Å². The molecule has 0 aliphatic heterocycles. The molecule has 0 aliphatic rings. The lowest BCUT2D eigenvalue weighted by molar-refractivity contribution is 0.0493. The summed E-state index contributed by atoms with van der Waals surface area (Å²) in [6.07, 6.45) is -0.448. The van der Waals surface area contributed by atoms with Gasteiger partial charge < -0.3 is 24.8 Å². The fourth-order valence-corrected chi connectivity index (χ4v) is 2.88. The van der Waals surface area contributed by atoms with Crippen LogP contribution in [0.5, 0.6) is 11.5 Å². The van der Waals surface area contributed by atoms with Gasteiger partial charge in [-0.2, -0.15) is 0 Å². The van der Waals surface area contributed by atoms with Crippen LogP contribution in [0.15, 0.2) is 48.5 Å². The molecule has 6 heteroatoms. The quantitative estimate of drug-likeness (QED) is 0.685. The second-order valence-electron chi connectivity index (χ2n) is 7.91. The van der Waals surface area contributed by atoms with Gasteiger partial charge in [-0.15, -0.1) is 0 Å². The van der Waals surface area contributed by atoms with Crippen LogP contribution < -0.4 is 20.1 Å². The maximum Gasteiger partial charge on any atom is 0.408 e. The standard InChI is InChI=1S/C23H32N2O4/c1-16(24-15-17-7-11-19(27-5)12-8-17)21(25-22(26)29-23(2,3)4)18-9-13-20(28-6)14-10-18/h7-14,16,21,24H,15H2,1-6H3,(H,25,26)/t16-,21-/m1/s1. The summed E-state index contributed by atoms with van der Waals surface area (Å²) in [6, 6.07) is 15.3. The molecule has 0 aromatic heterocycles. The van der Waals surface area contributed by atoms with Gasteiger partial charge in [-0.05, 0) is 63.1 Å². The van der Waals surface area contributed by atoms with E-state index in [1.807, 2.05) is 76.2 Å². The van der Waals surface area contributed by atoms with E-state index >= 15 is 0 Å². The predicted octanol–water partition coefficient (Wildman–Crippen LogP) is 4.45.